The van der Waals surface area contributed by atoms with E-state index < -0.39 is 5.60 Å². The van der Waals surface area contributed by atoms with Crippen LogP contribution < -0.4 is 5.73 Å². The van der Waals surface area contributed by atoms with Gasteiger partial charge >= 0.3 is 0 Å². The zero-order chi connectivity index (χ0) is 11.8. The number of aliphatic hydroxyl groups is 1. The number of rotatable bonds is 3. The van der Waals surface area contributed by atoms with Crippen molar-refractivity contribution in [2.24, 2.45) is 5.73 Å². The van der Waals surface area contributed by atoms with Crippen LogP contribution >= 0.6 is 0 Å². The molecule has 86 valence electrons. The summed E-state index contributed by atoms with van der Waals surface area (Å²) in [5.41, 5.74) is 7.68. The minimum absolute atomic E-state index is 0.225. The lowest BCUT2D eigenvalue weighted by Crippen LogP contribution is -2.36. The lowest BCUT2D eigenvalue weighted by atomic mass is 10.0. The van der Waals surface area contributed by atoms with Crippen LogP contribution in [0.1, 0.15) is 18.3 Å². The van der Waals surface area contributed by atoms with E-state index in [0.29, 0.717) is 6.42 Å². The van der Waals surface area contributed by atoms with Crippen molar-refractivity contribution in [2.75, 3.05) is 6.54 Å². The lowest BCUT2D eigenvalue weighted by molar-refractivity contribution is 0.0678. The van der Waals surface area contributed by atoms with Gasteiger partial charge in [-0.2, -0.15) is 0 Å². The molecule has 4 heteroatoms. The summed E-state index contributed by atoms with van der Waals surface area (Å²) in [6, 6.07) is 5.99. The van der Waals surface area contributed by atoms with Crippen molar-refractivity contribution < 1.29 is 5.11 Å². The number of aromatic amines is 1. The molecule has 0 aliphatic heterocycles. The first-order chi connectivity index (χ1) is 7.52. The number of nitrogens with zero attached hydrogens (tertiary/aromatic N) is 1. The van der Waals surface area contributed by atoms with Gasteiger partial charge < -0.3 is 15.8 Å². The third kappa shape index (κ3) is 2.08. The number of H-pyrrole nitrogens is 1. The molecule has 0 radical (unpaired) electrons. The summed E-state index contributed by atoms with van der Waals surface area (Å²) in [6.45, 7) is 3.96. The molecular formula is C12H17N3O. The highest BCUT2D eigenvalue weighted by Crippen LogP contribution is 2.18. The number of aryl methyl sites for hydroxylation is 1. The number of benzene rings is 1. The van der Waals surface area contributed by atoms with Gasteiger partial charge in [0.2, 0.25) is 0 Å². The molecule has 1 heterocycles. The Morgan fingerprint density at radius 2 is 2.25 bits per heavy atom. The van der Waals surface area contributed by atoms with Gasteiger partial charge in [0, 0.05) is 13.0 Å². The van der Waals surface area contributed by atoms with Gasteiger partial charge in [-0.1, -0.05) is 12.1 Å². The molecule has 1 unspecified atom stereocenters. The minimum Gasteiger partial charge on any atom is -0.388 e. The van der Waals surface area contributed by atoms with E-state index in [4.69, 9.17) is 5.73 Å². The Morgan fingerprint density at radius 3 is 2.88 bits per heavy atom. The molecule has 0 amide bonds. The summed E-state index contributed by atoms with van der Waals surface area (Å²) < 4.78 is 0. The van der Waals surface area contributed by atoms with E-state index in [1.165, 1.54) is 0 Å². The second-order valence-corrected chi connectivity index (χ2v) is 4.53. The van der Waals surface area contributed by atoms with Gasteiger partial charge in [0.05, 0.1) is 16.6 Å². The maximum absolute atomic E-state index is 9.89. The van der Waals surface area contributed by atoms with Crippen LogP contribution in [0.25, 0.3) is 11.0 Å². The molecule has 0 aliphatic carbocycles. The number of aromatic nitrogens is 2. The summed E-state index contributed by atoms with van der Waals surface area (Å²) in [7, 11) is 0. The number of fused-ring (bicyclic) bond motifs is 1. The molecule has 1 aromatic heterocycles. The Kier molecular flexibility index (Phi) is 2.69. The van der Waals surface area contributed by atoms with Crippen molar-refractivity contribution in [3.8, 4) is 0 Å². The quantitative estimate of drug-likeness (QED) is 0.724. The van der Waals surface area contributed by atoms with Gasteiger partial charge in [0.15, 0.2) is 0 Å². The van der Waals surface area contributed by atoms with Gasteiger partial charge in [-0.25, -0.2) is 4.98 Å². The number of hydrogen-bond donors (Lipinski definition) is 3. The maximum Gasteiger partial charge on any atom is 0.110 e. The van der Waals surface area contributed by atoms with Gasteiger partial charge in [-0.3, -0.25) is 0 Å². The summed E-state index contributed by atoms with van der Waals surface area (Å²) in [5.74, 6) is 0.778. The van der Waals surface area contributed by atoms with Crippen LogP contribution in [0.3, 0.4) is 0 Å². The van der Waals surface area contributed by atoms with Gasteiger partial charge in [-0.05, 0) is 25.5 Å². The van der Waals surface area contributed by atoms with E-state index in [2.05, 4.69) is 9.97 Å². The Bertz CT molecular complexity index is 502. The maximum atomic E-state index is 9.89. The smallest absolute Gasteiger partial charge is 0.110 e. The fourth-order valence-corrected chi connectivity index (χ4v) is 1.74. The van der Waals surface area contributed by atoms with Crippen molar-refractivity contribution in [3.63, 3.8) is 0 Å². The standard InChI is InChI=1S/C12H17N3O/c1-8-4-3-5-9-11(8)15-10(14-9)6-12(2,16)7-13/h3-5,16H,6-7,13H2,1-2H3,(H,14,15). The highest BCUT2D eigenvalue weighted by molar-refractivity contribution is 5.78. The molecule has 0 saturated carbocycles. The minimum atomic E-state index is -0.901. The number of imidazole rings is 1. The highest BCUT2D eigenvalue weighted by Gasteiger charge is 2.20. The van der Waals surface area contributed by atoms with Crippen molar-refractivity contribution in [3.05, 3.63) is 29.6 Å². The average Bonchev–Trinajstić information content (AvgIpc) is 2.61. The Labute approximate surface area is 94.5 Å². The van der Waals surface area contributed by atoms with Crippen molar-refractivity contribution in [2.45, 2.75) is 25.9 Å². The first kappa shape index (κ1) is 11.1. The third-order valence-electron chi connectivity index (χ3n) is 2.75. The summed E-state index contributed by atoms with van der Waals surface area (Å²) >= 11 is 0. The molecule has 0 spiro atoms. The molecule has 0 fully saturated rings. The number of para-hydroxylation sites is 1. The van der Waals surface area contributed by atoms with Gasteiger partial charge in [0.25, 0.3) is 0 Å². The topological polar surface area (TPSA) is 74.9 Å². The lowest BCUT2D eigenvalue weighted by Gasteiger charge is -2.18. The zero-order valence-corrected chi connectivity index (χ0v) is 9.62. The average molecular weight is 219 g/mol. The molecule has 0 saturated heterocycles. The number of nitrogens with two attached hydrogens (primary N) is 1. The van der Waals surface area contributed by atoms with Crippen LogP contribution in [0.15, 0.2) is 18.2 Å². The summed E-state index contributed by atoms with van der Waals surface area (Å²) in [5, 5.41) is 9.89. The van der Waals surface area contributed by atoms with E-state index in [-0.39, 0.29) is 6.54 Å². The Hall–Kier alpha value is -1.39. The zero-order valence-electron chi connectivity index (χ0n) is 9.62. The van der Waals surface area contributed by atoms with Crippen LogP contribution in [-0.2, 0) is 6.42 Å². The SMILES string of the molecule is Cc1cccc2[nH]c(CC(C)(O)CN)nc12. The van der Waals surface area contributed by atoms with Crippen LogP contribution in [0, 0.1) is 6.92 Å². The van der Waals surface area contributed by atoms with Crippen molar-refractivity contribution >= 4 is 11.0 Å². The van der Waals surface area contributed by atoms with Crippen LogP contribution in [0.5, 0.6) is 0 Å². The summed E-state index contributed by atoms with van der Waals surface area (Å²) in [6.07, 6.45) is 0.442. The molecule has 2 rings (SSSR count). The molecule has 0 aliphatic rings. The molecule has 0 bridgehead atoms. The largest absolute Gasteiger partial charge is 0.388 e. The summed E-state index contributed by atoms with van der Waals surface area (Å²) in [4.78, 5) is 7.67. The fourth-order valence-electron chi connectivity index (χ4n) is 1.74. The van der Waals surface area contributed by atoms with Gasteiger partial charge in [-0.15, -0.1) is 0 Å². The molecule has 2 aromatic rings. The third-order valence-corrected chi connectivity index (χ3v) is 2.75. The molecule has 4 N–H and O–H groups in total. The van der Waals surface area contributed by atoms with Crippen LogP contribution in [0.2, 0.25) is 0 Å². The first-order valence-electron chi connectivity index (χ1n) is 5.38. The first-order valence-corrected chi connectivity index (χ1v) is 5.38. The van der Waals surface area contributed by atoms with E-state index >= 15 is 0 Å². The normalized spacial score (nSPS) is 15.2. The predicted octanol–water partition coefficient (Wildman–Crippen LogP) is 1.12. The Balaban J connectivity index is 2.37. The van der Waals surface area contributed by atoms with E-state index in [9.17, 15) is 5.11 Å². The Morgan fingerprint density at radius 1 is 1.50 bits per heavy atom. The van der Waals surface area contributed by atoms with E-state index in [0.717, 1.165) is 22.4 Å². The molecule has 16 heavy (non-hydrogen) atoms. The molecule has 1 atom stereocenters. The van der Waals surface area contributed by atoms with Crippen LogP contribution in [-0.4, -0.2) is 27.2 Å². The fraction of sp³-hybridized carbons (Fsp3) is 0.417. The molecule has 1 aromatic carbocycles. The molecular weight excluding hydrogens is 202 g/mol. The predicted molar refractivity (Wildman–Crippen MR) is 64.2 cm³/mol. The van der Waals surface area contributed by atoms with Crippen molar-refractivity contribution in [1.29, 1.82) is 0 Å². The number of hydrogen-bond acceptors (Lipinski definition) is 3. The highest BCUT2D eigenvalue weighted by atomic mass is 16.3. The monoisotopic (exact) mass is 219 g/mol. The molecule has 4 nitrogen and oxygen atoms in total. The second-order valence-electron chi connectivity index (χ2n) is 4.53. The van der Waals surface area contributed by atoms with Gasteiger partial charge in [0.1, 0.15) is 5.82 Å². The van der Waals surface area contributed by atoms with E-state index in [1.54, 1.807) is 6.92 Å². The van der Waals surface area contributed by atoms with Crippen molar-refractivity contribution in [1.82, 2.24) is 9.97 Å². The van der Waals surface area contributed by atoms with Crippen LogP contribution in [0.4, 0.5) is 0 Å². The van der Waals surface area contributed by atoms with E-state index in [1.807, 2.05) is 25.1 Å². The second kappa shape index (κ2) is 3.88. The number of nitrogens with one attached hydrogen (secondary N) is 1.